The van der Waals surface area contributed by atoms with E-state index in [9.17, 15) is 0 Å². The van der Waals surface area contributed by atoms with E-state index in [1.165, 1.54) is 51.5 Å². The first-order valence-corrected chi connectivity index (χ1v) is 7.45. The van der Waals surface area contributed by atoms with Gasteiger partial charge in [-0.2, -0.15) is 0 Å². The van der Waals surface area contributed by atoms with Gasteiger partial charge in [-0.25, -0.2) is 0 Å². The average Bonchev–Trinajstić information content (AvgIpc) is 2.38. The van der Waals surface area contributed by atoms with Gasteiger partial charge in [0, 0.05) is 12.6 Å². The van der Waals surface area contributed by atoms with Gasteiger partial charge in [-0.05, 0) is 25.9 Å². The second-order valence-electron chi connectivity index (χ2n) is 5.03. The summed E-state index contributed by atoms with van der Waals surface area (Å²) in [6.07, 6.45) is 9.48. The first-order chi connectivity index (χ1) is 8.43. The van der Waals surface area contributed by atoms with Crippen LogP contribution in [-0.4, -0.2) is 38.9 Å². The van der Waals surface area contributed by atoms with Crippen LogP contribution in [0, 0.1) is 0 Å². The Labute approximate surface area is 107 Å². The predicted octanol–water partition coefficient (Wildman–Crippen LogP) is 2.31. The fraction of sp³-hybridized carbons (Fsp3) is 1.00. The van der Waals surface area contributed by atoms with E-state index in [0.29, 0.717) is 6.04 Å². The maximum Gasteiger partial charge on any atom is 0.0620 e. The summed E-state index contributed by atoms with van der Waals surface area (Å²) in [4.78, 5) is 0. The highest BCUT2D eigenvalue weighted by Crippen LogP contribution is 2.04. The number of hydrogen-bond donors (Lipinski definition) is 2. The molecule has 3 nitrogen and oxygen atoms in total. The molecular formula is C14H30N2O. The zero-order valence-electron chi connectivity index (χ0n) is 11.5. The number of rotatable bonds is 10. The molecule has 0 aromatic rings. The molecule has 0 amide bonds. The summed E-state index contributed by atoms with van der Waals surface area (Å²) in [5.74, 6) is 0. The van der Waals surface area contributed by atoms with Crippen LogP contribution in [0.1, 0.15) is 51.9 Å². The second kappa shape index (κ2) is 11.0. The van der Waals surface area contributed by atoms with Crippen LogP contribution in [0.2, 0.25) is 0 Å². The van der Waals surface area contributed by atoms with Gasteiger partial charge in [0.2, 0.25) is 0 Å². The van der Waals surface area contributed by atoms with Crippen molar-refractivity contribution in [2.75, 3.05) is 32.8 Å². The Kier molecular flexibility index (Phi) is 9.66. The quantitative estimate of drug-likeness (QED) is 0.577. The van der Waals surface area contributed by atoms with Crippen LogP contribution in [0.4, 0.5) is 0 Å². The van der Waals surface area contributed by atoms with Crippen molar-refractivity contribution in [2.24, 2.45) is 0 Å². The van der Waals surface area contributed by atoms with Gasteiger partial charge in [-0.15, -0.1) is 0 Å². The van der Waals surface area contributed by atoms with Gasteiger partial charge in [0.05, 0.1) is 13.2 Å². The van der Waals surface area contributed by atoms with Crippen molar-refractivity contribution in [1.82, 2.24) is 10.6 Å². The predicted molar refractivity (Wildman–Crippen MR) is 73.5 cm³/mol. The van der Waals surface area contributed by atoms with E-state index >= 15 is 0 Å². The van der Waals surface area contributed by atoms with Crippen molar-refractivity contribution >= 4 is 0 Å². The molecule has 0 bridgehead atoms. The highest BCUT2D eigenvalue weighted by atomic mass is 16.5. The van der Waals surface area contributed by atoms with E-state index in [1.807, 2.05) is 0 Å². The number of nitrogens with one attached hydrogen (secondary N) is 2. The zero-order valence-corrected chi connectivity index (χ0v) is 11.5. The highest BCUT2D eigenvalue weighted by Gasteiger charge is 2.11. The third-order valence-corrected chi connectivity index (χ3v) is 3.38. The molecule has 0 spiro atoms. The Morgan fingerprint density at radius 1 is 1.12 bits per heavy atom. The molecule has 1 unspecified atom stereocenters. The lowest BCUT2D eigenvalue weighted by atomic mass is 10.1. The molecule has 1 aliphatic heterocycles. The molecule has 1 saturated heterocycles. The Bertz CT molecular complexity index is 158. The molecule has 17 heavy (non-hydrogen) atoms. The molecule has 0 radical (unpaired) electrons. The van der Waals surface area contributed by atoms with Crippen molar-refractivity contribution in [3.05, 3.63) is 0 Å². The lowest BCUT2D eigenvalue weighted by Gasteiger charge is -2.23. The van der Waals surface area contributed by atoms with Crippen LogP contribution in [0.5, 0.6) is 0 Å². The maximum atomic E-state index is 5.42. The molecule has 0 saturated carbocycles. The van der Waals surface area contributed by atoms with Crippen LogP contribution in [0.3, 0.4) is 0 Å². The number of morpholine rings is 1. The highest BCUT2D eigenvalue weighted by molar-refractivity contribution is 4.70. The summed E-state index contributed by atoms with van der Waals surface area (Å²) in [5, 5.41) is 7.01. The van der Waals surface area contributed by atoms with Gasteiger partial charge >= 0.3 is 0 Å². The molecule has 3 heteroatoms. The van der Waals surface area contributed by atoms with Crippen molar-refractivity contribution < 1.29 is 4.74 Å². The molecule has 0 aromatic carbocycles. The summed E-state index contributed by atoms with van der Waals surface area (Å²) in [6.45, 7) is 7.35. The SMILES string of the molecule is CCCCCCCCNCCC1COCCN1. The van der Waals surface area contributed by atoms with Crippen molar-refractivity contribution in [3.8, 4) is 0 Å². The minimum Gasteiger partial charge on any atom is -0.379 e. The molecule has 0 aliphatic carbocycles. The van der Waals surface area contributed by atoms with Crippen molar-refractivity contribution in [3.63, 3.8) is 0 Å². The Morgan fingerprint density at radius 2 is 1.94 bits per heavy atom. The van der Waals surface area contributed by atoms with E-state index < -0.39 is 0 Å². The van der Waals surface area contributed by atoms with Crippen LogP contribution in [0.15, 0.2) is 0 Å². The summed E-state index contributed by atoms with van der Waals surface area (Å²) in [5.41, 5.74) is 0. The molecule has 1 atom stereocenters. The Hall–Kier alpha value is -0.120. The number of hydrogen-bond acceptors (Lipinski definition) is 3. The smallest absolute Gasteiger partial charge is 0.0620 e. The van der Waals surface area contributed by atoms with Crippen molar-refractivity contribution in [1.29, 1.82) is 0 Å². The molecule has 102 valence electrons. The Balaban J connectivity index is 1.75. The average molecular weight is 242 g/mol. The van der Waals surface area contributed by atoms with E-state index in [2.05, 4.69) is 17.6 Å². The van der Waals surface area contributed by atoms with Crippen molar-refractivity contribution in [2.45, 2.75) is 57.9 Å². The van der Waals surface area contributed by atoms with Gasteiger partial charge in [-0.1, -0.05) is 39.0 Å². The molecule has 1 rings (SSSR count). The van der Waals surface area contributed by atoms with Gasteiger partial charge in [0.15, 0.2) is 0 Å². The zero-order chi connectivity index (χ0) is 12.2. The largest absolute Gasteiger partial charge is 0.379 e. The fourth-order valence-corrected chi connectivity index (χ4v) is 2.24. The summed E-state index contributed by atoms with van der Waals surface area (Å²) >= 11 is 0. The number of unbranched alkanes of at least 4 members (excludes halogenated alkanes) is 5. The molecule has 1 aliphatic rings. The second-order valence-corrected chi connectivity index (χ2v) is 5.03. The van der Waals surface area contributed by atoms with Crippen LogP contribution < -0.4 is 10.6 Å². The summed E-state index contributed by atoms with van der Waals surface area (Å²) in [6, 6.07) is 0.570. The third-order valence-electron chi connectivity index (χ3n) is 3.38. The lowest BCUT2D eigenvalue weighted by Crippen LogP contribution is -2.42. The van der Waals surface area contributed by atoms with Gasteiger partial charge in [-0.3, -0.25) is 0 Å². The van der Waals surface area contributed by atoms with E-state index in [-0.39, 0.29) is 0 Å². The van der Waals surface area contributed by atoms with Gasteiger partial charge < -0.3 is 15.4 Å². The molecule has 1 fully saturated rings. The van der Waals surface area contributed by atoms with E-state index in [4.69, 9.17) is 4.74 Å². The van der Waals surface area contributed by atoms with Crippen LogP contribution in [0.25, 0.3) is 0 Å². The van der Waals surface area contributed by atoms with Gasteiger partial charge in [0.1, 0.15) is 0 Å². The fourth-order valence-electron chi connectivity index (χ4n) is 2.24. The van der Waals surface area contributed by atoms with E-state index in [1.54, 1.807) is 0 Å². The molecule has 0 aromatic heterocycles. The monoisotopic (exact) mass is 242 g/mol. The normalized spacial score (nSPS) is 20.6. The van der Waals surface area contributed by atoms with Gasteiger partial charge in [0.25, 0.3) is 0 Å². The first-order valence-electron chi connectivity index (χ1n) is 7.45. The topological polar surface area (TPSA) is 33.3 Å². The minimum atomic E-state index is 0.570. The third kappa shape index (κ3) is 8.58. The standard InChI is InChI=1S/C14H30N2O/c1-2-3-4-5-6-7-9-15-10-8-14-13-17-12-11-16-14/h14-16H,2-13H2,1H3. The molecule has 2 N–H and O–H groups in total. The number of ether oxygens (including phenoxy) is 1. The minimum absolute atomic E-state index is 0.570. The molecule has 1 heterocycles. The van der Waals surface area contributed by atoms with E-state index in [0.717, 1.165) is 26.3 Å². The maximum absolute atomic E-state index is 5.42. The Morgan fingerprint density at radius 3 is 2.71 bits per heavy atom. The molecular weight excluding hydrogens is 212 g/mol. The van der Waals surface area contributed by atoms with Crippen LogP contribution in [-0.2, 0) is 4.74 Å². The van der Waals surface area contributed by atoms with Crippen LogP contribution >= 0.6 is 0 Å². The first kappa shape index (κ1) is 14.9. The summed E-state index contributed by atoms with van der Waals surface area (Å²) < 4.78 is 5.42. The summed E-state index contributed by atoms with van der Waals surface area (Å²) in [7, 11) is 0. The lowest BCUT2D eigenvalue weighted by molar-refractivity contribution is 0.0743.